The van der Waals surface area contributed by atoms with Crippen molar-refractivity contribution >= 4 is 0 Å². The summed E-state index contributed by atoms with van der Waals surface area (Å²) < 4.78 is 0. The van der Waals surface area contributed by atoms with Gasteiger partial charge in [-0.2, -0.15) is 0 Å². The molecule has 0 saturated carbocycles. The van der Waals surface area contributed by atoms with E-state index in [0.717, 1.165) is 24.0 Å². The molecule has 1 nitrogen and oxygen atoms in total. The lowest BCUT2D eigenvalue weighted by atomic mass is 9.94. The van der Waals surface area contributed by atoms with E-state index in [9.17, 15) is 5.11 Å². The van der Waals surface area contributed by atoms with Gasteiger partial charge in [-0.3, -0.25) is 0 Å². The third-order valence-corrected chi connectivity index (χ3v) is 3.28. The van der Waals surface area contributed by atoms with E-state index in [1.54, 1.807) is 0 Å². The molecule has 0 aromatic heterocycles. The summed E-state index contributed by atoms with van der Waals surface area (Å²) in [5.41, 5.74) is 4.56. The smallest absolute Gasteiger partial charge is 0.122 e. The topological polar surface area (TPSA) is 20.2 Å². The maximum Gasteiger partial charge on any atom is 0.122 e. The lowest BCUT2D eigenvalue weighted by molar-refractivity contribution is 0.456. The molecule has 2 aromatic rings. The molecule has 100 valence electrons. The summed E-state index contributed by atoms with van der Waals surface area (Å²) in [6.45, 7) is 6.45. The normalized spacial score (nSPS) is 10.9. The maximum absolute atomic E-state index is 10.4. The third kappa shape index (κ3) is 3.60. The van der Waals surface area contributed by atoms with Gasteiger partial charge in [-0.05, 0) is 36.0 Å². The average Bonchev–Trinajstić information content (AvgIpc) is 2.35. The lowest BCUT2D eigenvalue weighted by Gasteiger charge is -2.13. The van der Waals surface area contributed by atoms with Gasteiger partial charge in [0.1, 0.15) is 5.75 Å². The fraction of sp³-hybridized carbons (Fsp3) is 0.333. The summed E-state index contributed by atoms with van der Waals surface area (Å²) in [6.07, 6.45) is 1.72. The van der Waals surface area contributed by atoms with E-state index >= 15 is 0 Å². The summed E-state index contributed by atoms with van der Waals surface area (Å²) >= 11 is 0. The van der Waals surface area contributed by atoms with E-state index in [1.807, 2.05) is 18.2 Å². The SMILES string of the molecule is Cc1cc(Cc2ccccc2)c(O)c(CC(C)C)c1. The molecule has 0 aliphatic rings. The van der Waals surface area contributed by atoms with Crippen molar-refractivity contribution in [1.29, 1.82) is 0 Å². The van der Waals surface area contributed by atoms with Crippen molar-refractivity contribution in [2.24, 2.45) is 5.92 Å². The molecule has 0 aliphatic heterocycles. The van der Waals surface area contributed by atoms with Crippen LogP contribution in [0.3, 0.4) is 0 Å². The Balaban J connectivity index is 2.32. The zero-order chi connectivity index (χ0) is 13.8. The molecule has 2 aromatic carbocycles. The van der Waals surface area contributed by atoms with Crippen LogP contribution in [0.2, 0.25) is 0 Å². The monoisotopic (exact) mass is 254 g/mol. The molecular formula is C18H22O. The van der Waals surface area contributed by atoms with Crippen molar-refractivity contribution in [3.63, 3.8) is 0 Å². The molecule has 0 bridgehead atoms. The first-order valence-corrected chi connectivity index (χ1v) is 6.91. The molecule has 0 heterocycles. The summed E-state index contributed by atoms with van der Waals surface area (Å²) in [4.78, 5) is 0. The van der Waals surface area contributed by atoms with Crippen LogP contribution in [-0.4, -0.2) is 5.11 Å². The van der Waals surface area contributed by atoms with Gasteiger partial charge in [-0.15, -0.1) is 0 Å². The van der Waals surface area contributed by atoms with E-state index < -0.39 is 0 Å². The molecule has 0 spiro atoms. The predicted molar refractivity (Wildman–Crippen MR) is 80.6 cm³/mol. The van der Waals surface area contributed by atoms with E-state index in [4.69, 9.17) is 0 Å². The summed E-state index contributed by atoms with van der Waals surface area (Å²) in [5, 5.41) is 10.4. The zero-order valence-corrected chi connectivity index (χ0v) is 12.0. The highest BCUT2D eigenvalue weighted by atomic mass is 16.3. The number of rotatable bonds is 4. The van der Waals surface area contributed by atoms with Gasteiger partial charge < -0.3 is 5.11 Å². The van der Waals surface area contributed by atoms with Gasteiger partial charge in [0.05, 0.1) is 0 Å². The maximum atomic E-state index is 10.4. The van der Waals surface area contributed by atoms with Crippen molar-refractivity contribution in [3.05, 3.63) is 64.7 Å². The molecular weight excluding hydrogens is 232 g/mol. The van der Waals surface area contributed by atoms with Gasteiger partial charge in [-0.25, -0.2) is 0 Å². The molecule has 19 heavy (non-hydrogen) atoms. The highest BCUT2D eigenvalue weighted by Gasteiger charge is 2.10. The van der Waals surface area contributed by atoms with Gasteiger partial charge >= 0.3 is 0 Å². The summed E-state index contributed by atoms with van der Waals surface area (Å²) in [5.74, 6) is 1.03. The molecule has 1 N–H and O–H groups in total. The molecule has 0 aliphatic carbocycles. The number of aromatic hydroxyl groups is 1. The first kappa shape index (κ1) is 13.7. The van der Waals surface area contributed by atoms with Crippen molar-refractivity contribution in [1.82, 2.24) is 0 Å². The Morgan fingerprint density at radius 3 is 2.26 bits per heavy atom. The van der Waals surface area contributed by atoms with E-state index in [0.29, 0.717) is 11.7 Å². The molecule has 0 unspecified atom stereocenters. The highest BCUT2D eigenvalue weighted by molar-refractivity contribution is 5.45. The van der Waals surface area contributed by atoms with E-state index in [2.05, 4.69) is 45.0 Å². The predicted octanol–water partition coefficient (Wildman–Crippen LogP) is 4.49. The molecule has 0 atom stereocenters. The Hall–Kier alpha value is -1.76. The molecule has 2 rings (SSSR count). The lowest BCUT2D eigenvalue weighted by Crippen LogP contribution is -1.99. The van der Waals surface area contributed by atoms with E-state index in [1.165, 1.54) is 11.1 Å². The first-order chi connectivity index (χ1) is 9.06. The van der Waals surface area contributed by atoms with Crippen molar-refractivity contribution in [2.75, 3.05) is 0 Å². The average molecular weight is 254 g/mol. The fourth-order valence-electron chi connectivity index (χ4n) is 2.48. The van der Waals surface area contributed by atoms with Crippen LogP contribution in [-0.2, 0) is 12.8 Å². The minimum atomic E-state index is 0.475. The van der Waals surface area contributed by atoms with Gasteiger partial charge in [0, 0.05) is 6.42 Å². The third-order valence-electron chi connectivity index (χ3n) is 3.28. The highest BCUT2D eigenvalue weighted by Crippen LogP contribution is 2.28. The molecule has 0 amide bonds. The zero-order valence-electron chi connectivity index (χ0n) is 12.0. The van der Waals surface area contributed by atoms with Crippen LogP contribution in [0.1, 0.15) is 36.1 Å². The van der Waals surface area contributed by atoms with Gasteiger partial charge in [0.25, 0.3) is 0 Å². The van der Waals surface area contributed by atoms with E-state index in [-0.39, 0.29) is 0 Å². The standard InChI is InChI=1S/C18H22O/c1-13(2)9-16-10-14(3)11-17(18(16)19)12-15-7-5-4-6-8-15/h4-8,10-11,13,19H,9,12H2,1-3H3. The van der Waals surface area contributed by atoms with Crippen LogP contribution >= 0.6 is 0 Å². The van der Waals surface area contributed by atoms with Crippen LogP contribution in [0.25, 0.3) is 0 Å². The Bertz CT molecular complexity index is 541. The number of phenolic OH excluding ortho intramolecular Hbond substituents is 1. The van der Waals surface area contributed by atoms with Gasteiger partial charge in [0.15, 0.2) is 0 Å². The molecule has 0 radical (unpaired) electrons. The Kier molecular flexibility index (Phi) is 4.26. The van der Waals surface area contributed by atoms with Crippen LogP contribution in [0.4, 0.5) is 0 Å². The van der Waals surface area contributed by atoms with Gasteiger partial charge in [-0.1, -0.05) is 61.9 Å². The van der Waals surface area contributed by atoms with Crippen molar-refractivity contribution < 1.29 is 5.11 Å². The van der Waals surface area contributed by atoms with Crippen LogP contribution in [0, 0.1) is 12.8 Å². The van der Waals surface area contributed by atoms with Crippen molar-refractivity contribution in [3.8, 4) is 5.75 Å². The molecule has 1 heteroatoms. The second-order valence-corrected chi connectivity index (χ2v) is 5.69. The number of hydrogen-bond donors (Lipinski definition) is 1. The Labute approximate surface area is 115 Å². The van der Waals surface area contributed by atoms with Crippen molar-refractivity contribution in [2.45, 2.75) is 33.6 Å². The quantitative estimate of drug-likeness (QED) is 0.852. The Morgan fingerprint density at radius 1 is 1.00 bits per heavy atom. The first-order valence-electron chi connectivity index (χ1n) is 6.91. The van der Waals surface area contributed by atoms with Crippen LogP contribution in [0.15, 0.2) is 42.5 Å². The summed E-state index contributed by atoms with van der Waals surface area (Å²) in [7, 11) is 0. The van der Waals surface area contributed by atoms with Crippen LogP contribution in [0.5, 0.6) is 5.75 Å². The minimum absolute atomic E-state index is 0.475. The second-order valence-electron chi connectivity index (χ2n) is 5.69. The summed E-state index contributed by atoms with van der Waals surface area (Å²) in [6, 6.07) is 14.5. The molecule has 0 fully saturated rings. The number of benzene rings is 2. The second kappa shape index (κ2) is 5.92. The van der Waals surface area contributed by atoms with Gasteiger partial charge in [0.2, 0.25) is 0 Å². The number of phenols is 1. The number of aryl methyl sites for hydroxylation is 1. The minimum Gasteiger partial charge on any atom is -0.507 e. The number of hydrogen-bond acceptors (Lipinski definition) is 1. The fourth-order valence-corrected chi connectivity index (χ4v) is 2.48. The molecule has 0 saturated heterocycles. The Morgan fingerprint density at radius 2 is 1.63 bits per heavy atom. The largest absolute Gasteiger partial charge is 0.507 e. The van der Waals surface area contributed by atoms with Crippen LogP contribution < -0.4 is 0 Å².